The summed E-state index contributed by atoms with van der Waals surface area (Å²) in [5.41, 5.74) is 0.167. The molecule has 0 heterocycles. The molecule has 2 aromatic rings. The minimum Gasteiger partial charge on any atom is -0.493 e. The van der Waals surface area contributed by atoms with E-state index in [0.29, 0.717) is 5.75 Å². The second-order valence-corrected chi connectivity index (χ2v) is 7.61. The van der Waals surface area contributed by atoms with Gasteiger partial charge in [0.05, 0.1) is 31.0 Å². The number of anilines is 1. The van der Waals surface area contributed by atoms with Crippen LogP contribution in [0.25, 0.3) is 0 Å². The van der Waals surface area contributed by atoms with Crippen LogP contribution in [0.2, 0.25) is 5.02 Å². The Morgan fingerprint density at radius 3 is 2.19 bits per heavy atom. The Morgan fingerprint density at radius 2 is 1.65 bits per heavy atom. The molecule has 0 amide bonds. The first kappa shape index (κ1) is 20.1. The van der Waals surface area contributed by atoms with Crippen molar-refractivity contribution in [3.8, 4) is 17.2 Å². The van der Waals surface area contributed by atoms with E-state index in [4.69, 9.17) is 25.8 Å². The van der Waals surface area contributed by atoms with Crippen molar-refractivity contribution in [2.24, 2.45) is 0 Å². The van der Waals surface area contributed by atoms with Crippen molar-refractivity contribution in [3.05, 3.63) is 41.2 Å². The largest absolute Gasteiger partial charge is 0.493 e. The number of halogens is 2. The molecular formula is C17H19ClFNO5S. The zero-order valence-corrected chi connectivity index (χ0v) is 16.2. The third-order valence-corrected chi connectivity index (χ3v) is 4.97. The maximum Gasteiger partial charge on any atom is 0.264 e. The fourth-order valence-electron chi connectivity index (χ4n) is 2.17. The highest BCUT2D eigenvalue weighted by Crippen LogP contribution is 2.34. The van der Waals surface area contributed by atoms with Crippen LogP contribution in [0.1, 0.15) is 13.8 Å². The van der Waals surface area contributed by atoms with Gasteiger partial charge in [0.15, 0.2) is 11.5 Å². The van der Waals surface area contributed by atoms with Crippen molar-refractivity contribution < 1.29 is 27.0 Å². The van der Waals surface area contributed by atoms with Crippen LogP contribution in [0.5, 0.6) is 17.2 Å². The third kappa shape index (κ3) is 4.50. The third-order valence-electron chi connectivity index (χ3n) is 3.27. The molecule has 2 rings (SSSR count). The van der Waals surface area contributed by atoms with Crippen molar-refractivity contribution in [2.75, 3.05) is 18.9 Å². The normalized spacial score (nSPS) is 11.3. The van der Waals surface area contributed by atoms with Gasteiger partial charge in [-0.05, 0) is 32.0 Å². The quantitative estimate of drug-likeness (QED) is 0.753. The summed E-state index contributed by atoms with van der Waals surface area (Å²) in [6.45, 7) is 3.68. The summed E-state index contributed by atoms with van der Waals surface area (Å²) in [6.07, 6.45) is -0.0871. The average molecular weight is 404 g/mol. The Hall–Kier alpha value is -2.19. The van der Waals surface area contributed by atoms with Gasteiger partial charge in [-0.25, -0.2) is 12.8 Å². The second-order valence-electron chi connectivity index (χ2n) is 5.55. The van der Waals surface area contributed by atoms with Gasteiger partial charge in [0.2, 0.25) is 0 Å². The maximum absolute atomic E-state index is 14.2. The molecule has 2 aromatic carbocycles. The van der Waals surface area contributed by atoms with Gasteiger partial charge in [-0.2, -0.15) is 0 Å². The molecule has 1 N–H and O–H groups in total. The van der Waals surface area contributed by atoms with E-state index in [1.807, 2.05) is 13.8 Å². The van der Waals surface area contributed by atoms with Gasteiger partial charge in [0, 0.05) is 12.1 Å². The summed E-state index contributed by atoms with van der Waals surface area (Å²) in [5, 5.41) is 0.228. The number of sulfonamides is 1. The van der Waals surface area contributed by atoms with Gasteiger partial charge in [-0.1, -0.05) is 11.6 Å². The molecule has 26 heavy (non-hydrogen) atoms. The molecular weight excluding hydrogens is 385 g/mol. The first-order valence-electron chi connectivity index (χ1n) is 7.58. The van der Waals surface area contributed by atoms with Crippen molar-refractivity contribution in [3.63, 3.8) is 0 Å². The smallest absolute Gasteiger partial charge is 0.264 e. The Bertz CT molecular complexity index is 902. The summed E-state index contributed by atoms with van der Waals surface area (Å²) in [4.78, 5) is -0.575. The summed E-state index contributed by atoms with van der Waals surface area (Å²) in [7, 11) is -1.56. The predicted octanol–water partition coefficient (Wildman–Crippen LogP) is 4.08. The van der Waals surface area contributed by atoms with Crippen LogP contribution in [0.3, 0.4) is 0 Å². The molecule has 142 valence electrons. The summed E-state index contributed by atoms with van der Waals surface area (Å²) in [5.74, 6) is -0.377. The van der Waals surface area contributed by atoms with Crippen LogP contribution in [0, 0.1) is 5.82 Å². The zero-order valence-electron chi connectivity index (χ0n) is 14.7. The van der Waals surface area contributed by atoms with Crippen LogP contribution in [0.15, 0.2) is 35.2 Å². The van der Waals surface area contributed by atoms with Crippen molar-refractivity contribution in [1.29, 1.82) is 0 Å². The molecule has 0 aliphatic carbocycles. The van der Waals surface area contributed by atoms with Crippen LogP contribution < -0.4 is 18.9 Å². The van der Waals surface area contributed by atoms with E-state index in [-0.39, 0.29) is 28.3 Å². The van der Waals surface area contributed by atoms with Crippen molar-refractivity contribution in [1.82, 2.24) is 0 Å². The minimum atomic E-state index is -4.21. The van der Waals surface area contributed by atoms with Crippen LogP contribution in [-0.4, -0.2) is 28.7 Å². The van der Waals surface area contributed by atoms with Crippen LogP contribution in [0.4, 0.5) is 10.1 Å². The Kier molecular flexibility index (Phi) is 6.20. The molecule has 0 spiro atoms. The SMILES string of the molecule is COc1cc(F)c(S(=O)(=O)Nc2ccc(OC(C)C)c(Cl)c2)cc1OC. The molecule has 0 bridgehead atoms. The van der Waals surface area contributed by atoms with E-state index in [0.717, 1.165) is 12.1 Å². The lowest BCUT2D eigenvalue weighted by molar-refractivity contribution is 0.242. The summed E-state index contributed by atoms with van der Waals surface area (Å²) >= 11 is 6.10. The fourth-order valence-corrected chi connectivity index (χ4v) is 3.52. The molecule has 0 atom stereocenters. The lowest BCUT2D eigenvalue weighted by Crippen LogP contribution is -2.15. The highest BCUT2D eigenvalue weighted by molar-refractivity contribution is 7.92. The number of ether oxygens (including phenoxy) is 3. The van der Waals surface area contributed by atoms with Gasteiger partial charge in [0.1, 0.15) is 16.5 Å². The molecule has 0 unspecified atom stereocenters. The first-order chi connectivity index (χ1) is 12.2. The van der Waals surface area contributed by atoms with E-state index < -0.39 is 20.7 Å². The molecule has 0 fully saturated rings. The molecule has 0 radical (unpaired) electrons. The van der Waals surface area contributed by atoms with Crippen molar-refractivity contribution >= 4 is 27.3 Å². The highest BCUT2D eigenvalue weighted by Gasteiger charge is 2.23. The van der Waals surface area contributed by atoms with Crippen LogP contribution in [-0.2, 0) is 10.0 Å². The predicted molar refractivity (Wildman–Crippen MR) is 97.5 cm³/mol. The second kappa shape index (κ2) is 8.01. The number of hydrogen-bond donors (Lipinski definition) is 1. The monoisotopic (exact) mass is 403 g/mol. The topological polar surface area (TPSA) is 73.9 Å². The summed E-state index contributed by atoms with van der Waals surface area (Å²) < 4.78 is 57.1. The molecule has 0 aromatic heterocycles. The lowest BCUT2D eigenvalue weighted by Gasteiger charge is -2.14. The standard InChI is InChI=1S/C17H19ClFNO5S/c1-10(2)25-14-6-5-11(7-12(14)18)20-26(21,22)17-9-16(24-4)15(23-3)8-13(17)19/h5-10,20H,1-4H3. The number of hydrogen-bond acceptors (Lipinski definition) is 5. The Morgan fingerprint density at radius 1 is 1.04 bits per heavy atom. The number of rotatable bonds is 7. The van der Waals surface area contributed by atoms with E-state index in [1.165, 1.54) is 32.4 Å². The molecule has 9 heteroatoms. The van der Waals surface area contributed by atoms with Gasteiger partial charge >= 0.3 is 0 Å². The van der Waals surface area contributed by atoms with E-state index in [2.05, 4.69) is 4.72 Å². The average Bonchev–Trinajstić information content (AvgIpc) is 2.56. The zero-order chi connectivity index (χ0) is 19.5. The van der Waals surface area contributed by atoms with Crippen LogP contribution >= 0.6 is 11.6 Å². The minimum absolute atomic E-state index is 0.0854. The number of benzene rings is 2. The molecule has 0 aliphatic rings. The highest BCUT2D eigenvalue weighted by atomic mass is 35.5. The summed E-state index contributed by atoms with van der Waals surface area (Å²) in [6, 6.07) is 6.38. The fraction of sp³-hybridized carbons (Fsp3) is 0.294. The van der Waals surface area contributed by atoms with E-state index in [9.17, 15) is 12.8 Å². The Labute approximate surface area is 156 Å². The van der Waals surface area contributed by atoms with Gasteiger partial charge in [0.25, 0.3) is 10.0 Å². The van der Waals surface area contributed by atoms with Gasteiger partial charge in [-0.3, -0.25) is 4.72 Å². The number of methoxy groups -OCH3 is 2. The molecule has 0 saturated heterocycles. The van der Waals surface area contributed by atoms with Gasteiger partial charge < -0.3 is 14.2 Å². The molecule has 6 nitrogen and oxygen atoms in total. The number of nitrogens with one attached hydrogen (secondary N) is 1. The van der Waals surface area contributed by atoms with Crippen molar-refractivity contribution in [2.45, 2.75) is 24.8 Å². The van der Waals surface area contributed by atoms with E-state index in [1.54, 1.807) is 0 Å². The van der Waals surface area contributed by atoms with Gasteiger partial charge in [-0.15, -0.1) is 0 Å². The Balaban J connectivity index is 2.36. The maximum atomic E-state index is 14.2. The molecule has 0 saturated carbocycles. The lowest BCUT2D eigenvalue weighted by atomic mass is 10.3. The first-order valence-corrected chi connectivity index (χ1v) is 9.44. The van der Waals surface area contributed by atoms with E-state index >= 15 is 0 Å². The molecule has 0 aliphatic heterocycles.